The molecule has 0 saturated heterocycles. The number of nitrogens with zero attached hydrogens (tertiary/aromatic N) is 2. The maximum atomic E-state index is 11.9. The summed E-state index contributed by atoms with van der Waals surface area (Å²) in [6.45, 7) is -0.292. The number of methoxy groups -OCH3 is 1. The van der Waals surface area contributed by atoms with Gasteiger partial charge in [0.2, 0.25) is 15.9 Å². The van der Waals surface area contributed by atoms with E-state index >= 15 is 0 Å². The molecule has 0 unspecified atom stereocenters. The second-order valence-corrected chi connectivity index (χ2v) is 8.01. The van der Waals surface area contributed by atoms with Crippen LogP contribution in [0.2, 0.25) is 5.02 Å². The lowest BCUT2D eigenvalue weighted by Gasteiger charge is -2.12. The fraction of sp³-hybridized carbons (Fsp3) is 0.333. The highest BCUT2D eigenvalue weighted by Gasteiger charge is 2.17. The van der Waals surface area contributed by atoms with Crippen molar-refractivity contribution in [3.8, 4) is 5.75 Å². The highest BCUT2D eigenvalue weighted by molar-refractivity contribution is 7.88. The van der Waals surface area contributed by atoms with Crippen LogP contribution in [-0.2, 0) is 14.8 Å². The molecule has 0 radical (unpaired) electrons. The molecular weight excluding hydrogens is 350 g/mol. The minimum Gasteiger partial charge on any atom is -0.494 e. The Hall–Kier alpha value is -1.42. The molecule has 2 rings (SSSR count). The first kappa shape index (κ1) is 16.9. The number of nitrogens with one attached hydrogen (secondary N) is 1. The van der Waals surface area contributed by atoms with Gasteiger partial charge in [0.15, 0.2) is 5.13 Å². The Bertz CT molecular complexity index is 819. The molecule has 1 amide bonds. The largest absolute Gasteiger partial charge is 0.494 e. The SMILES string of the molecule is COc1ccc(Cl)c2sc(NC(=O)CN(C)S(C)(=O)=O)nc12. The topological polar surface area (TPSA) is 88.6 Å². The van der Waals surface area contributed by atoms with Gasteiger partial charge >= 0.3 is 0 Å². The fourth-order valence-corrected chi connectivity index (χ4v) is 3.17. The molecule has 0 fully saturated rings. The molecule has 0 aliphatic rings. The number of sulfonamides is 1. The van der Waals surface area contributed by atoms with E-state index in [2.05, 4.69) is 10.3 Å². The van der Waals surface area contributed by atoms with Crippen LogP contribution in [0.25, 0.3) is 10.2 Å². The van der Waals surface area contributed by atoms with E-state index < -0.39 is 15.9 Å². The molecule has 7 nitrogen and oxygen atoms in total. The van der Waals surface area contributed by atoms with E-state index in [0.29, 0.717) is 26.1 Å². The molecule has 2 aromatic rings. The minimum absolute atomic E-state index is 0.292. The van der Waals surface area contributed by atoms with Gasteiger partial charge in [-0.3, -0.25) is 4.79 Å². The van der Waals surface area contributed by atoms with Gasteiger partial charge in [-0.25, -0.2) is 13.4 Å². The first-order valence-corrected chi connectivity index (χ1v) is 9.11. The van der Waals surface area contributed by atoms with Gasteiger partial charge in [0, 0.05) is 7.05 Å². The van der Waals surface area contributed by atoms with Crippen molar-refractivity contribution in [2.24, 2.45) is 0 Å². The molecule has 0 bridgehead atoms. The van der Waals surface area contributed by atoms with Crippen LogP contribution in [0.1, 0.15) is 0 Å². The Balaban J connectivity index is 2.22. The zero-order valence-electron chi connectivity index (χ0n) is 12.1. The Kier molecular flexibility index (Phi) is 4.90. The number of benzene rings is 1. The van der Waals surface area contributed by atoms with Crippen molar-refractivity contribution in [3.05, 3.63) is 17.2 Å². The quantitative estimate of drug-likeness (QED) is 0.874. The summed E-state index contributed by atoms with van der Waals surface area (Å²) in [6, 6.07) is 3.37. The Labute approximate surface area is 136 Å². The van der Waals surface area contributed by atoms with Gasteiger partial charge in [0.25, 0.3) is 0 Å². The average Bonchev–Trinajstić information content (AvgIpc) is 2.82. The molecule has 1 heterocycles. The molecule has 0 aliphatic heterocycles. The van der Waals surface area contributed by atoms with E-state index in [1.807, 2.05) is 0 Å². The van der Waals surface area contributed by atoms with Crippen molar-refractivity contribution >= 4 is 54.2 Å². The molecule has 1 aromatic carbocycles. The van der Waals surface area contributed by atoms with Gasteiger partial charge in [0.05, 0.1) is 29.6 Å². The summed E-state index contributed by atoms with van der Waals surface area (Å²) in [7, 11) is -0.576. The van der Waals surface area contributed by atoms with E-state index in [4.69, 9.17) is 16.3 Å². The number of ether oxygens (including phenoxy) is 1. The van der Waals surface area contributed by atoms with E-state index in [1.54, 1.807) is 12.1 Å². The van der Waals surface area contributed by atoms with E-state index in [-0.39, 0.29) is 6.54 Å². The van der Waals surface area contributed by atoms with Crippen molar-refractivity contribution in [3.63, 3.8) is 0 Å². The summed E-state index contributed by atoms with van der Waals surface area (Å²) in [5, 5.41) is 3.39. The standard InChI is InChI=1S/C12H14ClN3O4S2/c1-16(22(3,18)19)6-9(17)14-12-15-10-8(20-2)5-4-7(13)11(10)21-12/h4-5H,6H2,1-3H3,(H,14,15,17). The second kappa shape index (κ2) is 6.37. The third-order valence-corrected chi connectivity index (χ3v) is 5.55. The summed E-state index contributed by atoms with van der Waals surface area (Å²) < 4.78 is 29.4. The zero-order valence-corrected chi connectivity index (χ0v) is 14.5. The van der Waals surface area contributed by atoms with Crippen molar-refractivity contribution in [1.29, 1.82) is 0 Å². The number of thiazole rings is 1. The molecule has 1 aromatic heterocycles. The van der Waals surface area contributed by atoms with Crippen LogP contribution in [0.4, 0.5) is 5.13 Å². The monoisotopic (exact) mass is 363 g/mol. The lowest BCUT2D eigenvalue weighted by atomic mass is 10.3. The van der Waals surface area contributed by atoms with Crippen LogP contribution in [0.3, 0.4) is 0 Å². The lowest BCUT2D eigenvalue weighted by Crippen LogP contribution is -2.34. The smallest absolute Gasteiger partial charge is 0.241 e. The number of aromatic nitrogens is 1. The van der Waals surface area contributed by atoms with Crippen LogP contribution in [0.15, 0.2) is 12.1 Å². The number of hydrogen-bond donors (Lipinski definition) is 1. The molecule has 0 aliphatic carbocycles. The van der Waals surface area contributed by atoms with Gasteiger partial charge < -0.3 is 10.1 Å². The number of fused-ring (bicyclic) bond motifs is 1. The maximum absolute atomic E-state index is 11.9. The number of carbonyl (C=O) groups excluding carboxylic acids is 1. The first-order valence-electron chi connectivity index (χ1n) is 6.06. The molecular formula is C12H14ClN3O4S2. The number of hydrogen-bond acceptors (Lipinski definition) is 6. The van der Waals surface area contributed by atoms with Crippen molar-refractivity contribution in [2.75, 3.05) is 32.3 Å². The normalized spacial score (nSPS) is 11.9. The van der Waals surface area contributed by atoms with Crippen molar-refractivity contribution < 1.29 is 17.9 Å². The summed E-state index contributed by atoms with van der Waals surface area (Å²) in [5.74, 6) is 0.0615. The van der Waals surface area contributed by atoms with Gasteiger partial charge in [-0.15, -0.1) is 0 Å². The minimum atomic E-state index is -3.42. The molecule has 10 heteroatoms. The van der Waals surface area contributed by atoms with Crippen LogP contribution in [0, 0.1) is 0 Å². The molecule has 120 valence electrons. The number of anilines is 1. The van der Waals surface area contributed by atoms with Gasteiger partial charge in [0.1, 0.15) is 11.3 Å². The number of halogens is 1. The van der Waals surface area contributed by atoms with Gasteiger partial charge in [-0.05, 0) is 12.1 Å². The summed E-state index contributed by atoms with van der Waals surface area (Å²) in [4.78, 5) is 16.1. The van der Waals surface area contributed by atoms with Crippen LogP contribution >= 0.6 is 22.9 Å². The number of rotatable bonds is 5. The summed E-state index contributed by atoms with van der Waals surface area (Å²) >= 11 is 7.29. The predicted molar refractivity (Wildman–Crippen MR) is 87.3 cm³/mol. The highest BCUT2D eigenvalue weighted by atomic mass is 35.5. The summed E-state index contributed by atoms with van der Waals surface area (Å²) in [5.41, 5.74) is 0.548. The Morgan fingerprint density at radius 3 is 2.77 bits per heavy atom. The van der Waals surface area contributed by atoms with Gasteiger partial charge in [-0.1, -0.05) is 22.9 Å². The average molecular weight is 364 g/mol. The maximum Gasteiger partial charge on any atom is 0.241 e. The van der Waals surface area contributed by atoms with Gasteiger partial charge in [-0.2, -0.15) is 4.31 Å². The number of carbonyl (C=O) groups is 1. The second-order valence-electron chi connectivity index (χ2n) is 4.51. The summed E-state index contributed by atoms with van der Waals surface area (Å²) in [6.07, 6.45) is 1.03. The van der Waals surface area contributed by atoms with Crippen molar-refractivity contribution in [1.82, 2.24) is 9.29 Å². The van der Waals surface area contributed by atoms with E-state index in [1.165, 1.54) is 25.5 Å². The number of amides is 1. The van der Waals surface area contributed by atoms with E-state index in [0.717, 1.165) is 10.6 Å². The molecule has 0 spiro atoms. The lowest BCUT2D eigenvalue weighted by molar-refractivity contribution is -0.116. The first-order chi connectivity index (χ1) is 10.2. The number of likely N-dealkylation sites (N-methyl/N-ethyl adjacent to an activating group) is 1. The Morgan fingerprint density at radius 2 is 2.18 bits per heavy atom. The molecule has 22 heavy (non-hydrogen) atoms. The predicted octanol–water partition coefficient (Wildman–Crippen LogP) is 1.79. The van der Waals surface area contributed by atoms with E-state index in [9.17, 15) is 13.2 Å². The third-order valence-electron chi connectivity index (χ3n) is 2.86. The zero-order chi connectivity index (χ0) is 16.5. The molecule has 0 saturated carbocycles. The third kappa shape index (κ3) is 3.67. The van der Waals surface area contributed by atoms with Crippen molar-refractivity contribution in [2.45, 2.75) is 0 Å². The van der Waals surface area contributed by atoms with Crippen LogP contribution in [-0.4, -0.2) is 50.6 Å². The molecule has 0 atom stereocenters. The highest BCUT2D eigenvalue weighted by Crippen LogP contribution is 2.37. The van der Waals surface area contributed by atoms with Crippen LogP contribution < -0.4 is 10.1 Å². The Morgan fingerprint density at radius 1 is 1.50 bits per heavy atom. The fourth-order valence-electron chi connectivity index (χ4n) is 1.65. The molecule has 1 N–H and O–H groups in total. The van der Waals surface area contributed by atoms with Crippen LogP contribution in [0.5, 0.6) is 5.75 Å².